The van der Waals surface area contributed by atoms with Crippen LogP contribution in [0, 0.1) is 12.5 Å². The molecule has 17 heavy (non-hydrogen) atoms. The molecule has 96 valence electrons. The van der Waals surface area contributed by atoms with E-state index in [2.05, 4.69) is 10.2 Å². The first-order valence-corrected chi connectivity index (χ1v) is 6.23. The van der Waals surface area contributed by atoms with E-state index < -0.39 is 5.60 Å². The second kappa shape index (κ2) is 5.90. The summed E-state index contributed by atoms with van der Waals surface area (Å²) in [6, 6.07) is 0.172. The van der Waals surface area contributed by atoms with Crippen molar-refractivity contribution >= 4 is 6.09 Å². The lowest BCUT2D eigenvalue weighted by molar-refractivity contribution is 0.0486. The van der Waals surface area contributed by atoms with Crippen LogP contribution < -0.4 is 5.32 Å². The SMILES string of the molecule is [C-]#[N+]C[C@H]1CCC[C@@H](NC(=O)OC(C)(C)C)C1. The Labute approximate surface area is 104 Å². The fourth-order valence-corrected chi connectivity index (χ4v) is 2.19. The Morgan fingerprint density at radius 2 is 2.18 bits per heavy atom. The Hall–Kier alpha value is -1.24. The minimum Gasteiger partial charge on any atom is -0.444 e. The molecule has 1 fully saturated rings. The van der Waals surface area contributed by atoms with Crippen molar-refractivity contribution in [1.82, 2.24) is 5.32 Å². The van der Waals surface area contributed by atoms with Gasteiger partial charge in [-0.2, -0.15) is 0 Å². The van der Waals surface area contributed by atoms with Gasteiger partial charge in [0.05, 0.1) is 0 Å². The van der Waals surface area contributed by atoms with Crippen LogP contribution >= 0.6 is 0 Å². The first-order valence-electron chi connectivity index (χ1n) is 6.23. The normalized spacial score (nSPS) is 24.8. The van der Waals surface area contributed by atoms with Gasteiger partial charge in [0.25, 0.3) is 0 Å². The van der Waals surface area contributed by atoms with Crippen molar-refractivity contribution in [2.75, 3.05) is 6.54 Å². The summed E-state index contributed by atoms with van der Waals surface area (Å²) < 4.78 is 5.23. The molecule has 2 atom stereocenters. The molecule has 0 saturated heterocycles. The third kappa shape index (κ3) is 5.58. The minimum absolute atomic E-state index is 0.172. The van der Waals surface area contributed by atoms with Crippen molar-refractivity contribution in [2.45, 2.75) is 58.1 Å². The number of nitrogens with zero attached hydrogens (tertiary/aromatic N) is 1. The Bertz CT molecular complexity index is 302. The number of alkyl carbamates (subject to hydrolysis) is 1. The number of amides is 1. The van der Waals surface area contributed by atoms with E-state index in [-0.39, 0.29) is 12.1 Å². The summed E-state index contributed by atoms with van der Waals surface area (Å²) in [6.07, 6.45) is 3.75. The fourth-order valence-electron chi connectivity index (χ4n) is 2.19. The maximum Gasteiger partial charge on any atom is 0.407 e. The van der Waals surface area contributed by atoms with Crippen LogP contribution in [0.4, 0.5) is 4.79 Å². The van der Waals surface area contributed by atoms with Crippen molar-refractivity contribution in [2.24, 2.45) is 5.92 Å². The highest BCUT2D eigenvalue weighted by atomic mass is 16.6. The number of carbonyl (C=O) groups is 1. The Kier molecular flexibility index (Phi) is 4.80. The molecule has 0 heterocycles. The van der Waals surface area contributed by atoms with E-state index in [1.165, 1.54) is 0 Å². The van der Waals surface area contributed by atoms with Gasteiger partial charge in [-0.25, -0.2) is 11.4 Å². The fraction of sp³-hybridized carbons (Fsp3) is 0.846. The maximum atomic E-state index is 11.6. The molecule has 1 amide bonds. The van der Waals surface area contributed by atoms with Crippen molar-refractivity contribution in [1.29, 1.82) is 0 Å². The van der Waals surface area contributed by atoms with Crippen molar-refractivity contribution < 1.29 is 9.53 Å². The van der Waals surface area contributed by atoms with Crippen LogP contribution in [0.2, 0.25) is 0 Å². The largest absolute Gasteiger partial charge is 0.444 e. The Morgan fingerprint density at radius 1 is 1.47 bits per heavy atom. The highest BCUT2D eigenvalue weighted by molar-refractivity contribution is 5.68. The molecule has 0 unspecified atom stereocenters. The molecule has 1 saturated carbocycles. The van der Waals surface area contributed by atoms with Gasteiger partial charge in [-0.05, 0) is 40.0 Å². The zero-order valence-electron chi connectivity index (χ0n) is 11.0. The topological polar surface area (TPSA) is 42.7 Å². The molecule has 1 rings (SSSR count). The lowest BCUT2D eigenvalue weighted by atomic mass is 9.86. The van der Waals surface area contributed by atoms with Crippen molar-refractivity contribution in [3.63, 3.8) is 0 Å². The van der Waals surface area contributed by atoms with Crippen LogP contribution in [0.3, 0.4) is 0 Å². The van der Waals surface area contributed by atoms with E-state index in [9.17, 15) is 4.79 Å². The lowest BCUT2D eigenvalue weighted by Crippen LogP contribution is -2.41. The summed E-state index contributed by atoms with van der Waals surface area (Å²) in [5.74, 6) is 0.432. The van der Waals surface area contributed by atoms with E-state index in [4.69, 9.17) is 11.3 Å². The van der Waals surface area contributed by atoms with E-state index in [1.54, 1.807) is 0 Å². The molecule has 1 N–H and O–H groups in total. The summed E-state index contributed by atoms with van der Waals surface area (Å²) in [6.45, 7) is 13.0. The lowest BCUT2D eigenvalue weighted by Gasteiger charge is -2.28. The molecule has 0 aliphatic heterocycles. The van der Waals surface area contributed by atoms with E-state index in [0.717, 1.165) is 25.7 Å². The number of carbonyl (C=O) groups excluding carboxylic acids is 1. The molecule has 0 bridgehead atoms. The predicted octanol–water partition coefficient (Wildman–Crippen LogP) is 2.99. The van der Waals surface area contributed by atoms with Crippen LogP contribution in [0.1, 0.15) is 46.5 Å². The third-order valence-corrected chi connectivity index (χ3v) is 2.85. The highest BCUT2D eigenvalue weighted by Gasteiger charge is 2.26. The van der Waals surface area contributed by atoms with E-state index >= 15 is 0 Å². The molecule has 1 aliphatic rings. The summed E-state index contributed by atoms with van der Waals surface area (Å²) >= 11 is 0. The number of hydrogen-bond donors (Lipinski definition) is 1. The van der Waals surface area contributed by atoms with Crippen LogP contribution in [-0.2, 0) is 4.74 Å². The average Bonchev–Trinajstić information content (AvgIpc) is 2.15. The molecule has 0 aromatic carbocycles. The number of nitrogens with one attached hydrogen (secondary N) is 1. The summed E-state index contributed by atoms with van der Waals surface area (Å²) in [4.78, 5) is 15.0. The highest BCUT2D eigenvalue weighted by Crippen LogP contribution is 2.24. The van der Waals surface area contributed by atoms with E-state index in [0.29, 0.717) is 12.5 Å². The second-order valence-electron chi connectivity index (χ2n) is 5.72. The quantitative estimate of drug-likeness (QED) is 0.751. The second-order valence-corrected chi connectivity index (χ2v) is 5.72. The van der Waals surface area contributed by atoms with Gasteiger partial charge in [-0.3, -0.25) is 0 Å². The Morgan fingerprint density at radius 3 is 2.76 bits per heavy atom. The van der Waals surface area contributed by atoms with Gasteiger partial charge in [0.15, 0.2) is 0 Å². The van der Waals surface area contributed by atoms with Gasteiger partial charge in [-0.1, -0.05) is 6.42 Å². The third-order valence-electron chi connectivity index (χ3n) is 2.85. The van der Waals surface area contributed by atoms with E-state index in [1.807, 2.05) is 20.8 Å². The first-order chi connectivity index (χ1) is 7.90. The van der Waals surface area contributed by atoms with Gasteiger partial charge in [0, 0.05) is 12.0 Å². The van der Waals surface area contributed by atoms with Crippen LogP contribution in [0.15, 0.2) is 0 Å². The molecule has 0 spiro atoms. The molecular formula is C13H22N2O2. The van der Waals surface area contributed by atoms with Crippen molar-refractivity contribution in [3.05, 3.63) is 11.4 Å². The van der Waals surface area contributed by atoms with Gasteiger partial charge >= 0.3 is 6.09 Å². The summed E-state index contributed by atoms with van der Waals surface area (Å²) in [5, 5.41) is 2.90. The zero-order chi connectivity index (χ0) is 12.9. The van der Waals surface area contributed by atoms with Gasteiger partial charge in [-0.15, -0.1) is 0 Å². The van der Waals surface area contributed by atoms with Crippen LogP contribution in [0.25, 0.3) is 4.85 Å². The van der Waals surface area contributed by atoms with Crippen LogP contribution in [0.5, 0.6) is 0 Å². The standard InChI is InChI=1S/C13H22N2O2/c1-13(2,3)17-12(16)15-11-7-5-6-10(8-11)9-14-4/h10-11H,5-9H2,1-3H3,(H,15,16)/t10-,11+/m0/s1. The minimum atomic E-state index is -0.450. The van der Waals surface area contributed by atoms with Crippen LogP contribution in [-0.4, -0.2) is 24.3 Å². The average molecular weight is 238 g/mol. The zero-order valence-corrected chi connectivity index (χ0v) is 11.0. The van der Waals surface area contributed by atoms with Crippen molar-refractivity contribution in [3.8, 4) is 0 Å². The predicted molar refractivity (Wildman–Crippen MR) is 66.6 cm³/mol. The molecule has 4 heteroatoms. The summed E-state index contributed by atoms with van der Waals surface area (Å²) in [7, 11) is 0. The van der Waals surface area contributed by atoms with Gasteiger partial charge in [0.2, 0.25) is 6.54 Å². The molecule has 0 radical (unpaired) electrons. The summed E-state index contributed by atoms with van der Waals surface area (Å²) in [5.41, 5.74) is -0.450. The maximum absolute atomic E-state index is 11.6. The molecular weight excluding hydrogens is 216 g/mol. The monoisotopic (exact) mass is 238 g/mol. The molecule has 4 nitrogen and oxygen atoms in total. The smallest absolute Gasteiger partial charge is 0.407 e. The number of rotatable bonds is 2. The van der Waals surface area contributed by atoms with Gasteiger partial charge in [0.1, 0.15) is 5.60 Å². The number of ether oxygens (including phenoxy) is 1. The molecule has 1 aliphatic carbocycles. The molecule has 0 aromatic heterocycles. The van der Waals surface area contributed by atoms with Gasteiger partial charge < -0.3 is 14.9 Å². The molecule has 0 aromatic rings. The Balaban J connectivity index is 2.36. The first kappa shape index (κ1) is 13.8. The number of hydrogen-bond acceptors (Lipinski definition) is 2.